The third-order valence-electron chi connectivity index (χ3n) is 7.34. The Kier molecular flexibility index (Phi) is 10.9. The summed E-state index contributed by atoms with van der Waals surface area (Å²) in [4.78, 5) is 41.6. The minimum Gasteiger partial charge on any atom is -0.445 e. The molecule has 3 N–H and O–H groups in total. The Balaban J connectivity index is 1.48. The third-order valence-corrected chi connectivity index (χ3v) is 9.77. The van der Waals surface area contributed by atoms with E-state index in [0.717, 1.165) is 25.8 Å². The number of nitrogens with one attached hydrogen (secondary N) is 2. The molecular weight excluding hydrogens is 665 g/mol. The van der Waals surface area contributed by atoms with Gasteiger partial charge < -0.3 is 25.4 Å². The van der Waals surface area contributed by atoms with Gasteiger partial charge in [0.2, 0.25) is 5.91 Å². The largest absolute Gasteiger partial charge is 0.445 e. The first kappa shape index (κ1) is 31.8. The summed E-state index contributed by atoms with van der Waals surface area (Å²) in [5.41, 5.74) is 3.73. The number of aryl methyl sites for hydroxylation is 1. The molecule has 3 aromatic carbocycles. The van der Waals surface area contributed by atoms with E-state index in [1.54, 1.807) is 0 Å². The highest BCUT2D eigenvalue weighted by Gasteiger charge is 2.49. The lowest BCUT2D eigenvalue weighted by Crippen LogP contribution is -2.58. The van der Waals surface area contributed by atoms with Crippen LogP contribution in [0.1, 0.15) is 36.1 Å². The summed E-state index contributed by atoms with van der Waals surface area (Å²) in [5.74, 6) is -0.679. The van der Waals surface area contributed by atoms with Crippen LogP contribution in [0.2, 0.25) is 0 Å². The van der Waals surface area contributed by atoms with Gasteiger partial charge in [0, 0.05) is 20.4 Å². The Hall–Kier alpha value is -3.09. The molecule has 0 saturated carbocycles. The van der Waals surface area contributed by atoms with Gasteiger partial charge in [0.05, 0.1) is 11.9 Å². The number of carbonyl (C=O) groups is 3. The van der Waals surface area contributed by atoms with Crippen molar-refractivity contribution in [3.63, 3.8) is 0 Å². The topological polar surface area (TPSA) is 108 Å². The number of rotatable bonds is 10. The van der Waals surface area contributed by atoms with Gasteiger partial charge in [-0.3, -0.25) is 9.59 Å². The van der Waals surface area contributed by atoms with Crippen LogP contribution in [-0.2, 0) is 33.9 Å². The molecule has 0 aliphatic carbocycles. The van der Waals surface area contributed by atoms with E-state index in [-0.39, 0.29) is 24.8 Å². The molecule has 1 aliphatic heterocycles. The number of halogens is 1. The summed E-state index contributed by atoms with van der Waals surface area (Å²) >= 11 is 3.64. The highest BCUT2D eigenvalue weighted by atomic mass is 127. The Morgan fingerprint density at radius 1 is 1.02 bits per heavy atom. The second kappa shape index (κ2) is 14.4. The molecule has 1 aliphatic rings. The number of carbonyl (C=O) groups excluding carboxylic acids is 3. The van der Waals surface area contributed by atoms with Crippen LogP contribution < -0.4 is 10.6 Å². The average Bonchev–Trinajstić information content (AvgIpc) is 3.30. The maximum Gasteiger partial charge on any atom is 0.407 e. The van der Waals surface area contributed by atoms with Gasteiger partial charge in [0.1, 0.15) is 12.6 Å². The molecule has 3 aromatic rings. The predicted octanol–water partition coefficient (Wildman–Crippen LogP) is 4.79. The van der Waals surface area contributed by atoms with Crippen molar-refractivity contribution in [2.24, 2.45) is 0 Å². The van der Waals surface area contributed by atoms with Crippen molar-refractivity contribution in [1.82, 2.24) is 15.5 Å². The molecule has 1 heterocycles. The fourth-order valence-corrected chi connectivity index (χ4v) is 6.59. The van der Waals surface area contributed by atoms with Crippen LogP contribution in [-0.4, -0.2) is 56.7 Å². The van der Waals surface area contributed by atoms with E-state index in [4.69, 9.17) is 4.74 Å². The minimum atomic E-state index is -1.60. The van der Waals surface area contributed by atoms with Crippen molar-refractivity contribution in [1.29, 1.82) is 0 Å². The number of aliphatic hydroxyl groups excluding tert-OH is 1. The zero-order chi connectivity index (χ0) is 30.3. The number of ether oxygens (including phenoxy) is 1. The summed E-state index contributed by atoms with van der Waals surface area (Å²) in [6.07, 6.45) is -2.15. The first-order valence-corrected chi connectivity index (χ1v) is 15.8. The summed E-state index contributed by atoms with van der Waals surface area (Å²) < 4.78 is 5.82. The number of nitrogens with zero attached hydrogens (tertiary/aromatic N) is 1. The summed E-state index contributed by atoms with van der Waals surface area (Å²) in [6.45, 7) is 6.19. The molecular formula is C32H36IN3O5S. The van der Waals surface area contributed by atoms with Crippen molar-refractivity contribution in [3.8, 4) is 0 Å². The Morgan fingerprint density at radius 3 is 2.36 bits per heavy atom. The van der Waals surface area contributed by atoms with Crippen LogP contribution in [0, 0.1) is 10.5 Å². The van der Waals surface area contributed by atoms with E-state index in [1.807, 2.05) is 99.6 Å². The second-order valence-electron chi connectivity index (χ2n) is 10.8. The summed E-state index contributed by atoms with van der Waals surface area (Å²) in [5, 5.41) is 17.1. The van der Waals surface area contributed by atoms with E-state index in [0.29, 0.717) is 6.54 Å². The number of aliphatic hydroxyl groups is 1. The van der Waals surface area contributed by atoms with Gasteiger partial charge in [-0.1, -0.05) is 72.8 Å². The average molecular weight is 702 g/mol. The lowest BCUT2D eigenvalue weighted by Gasteiger charge is -2.33. The molecule has 0 radical (unpaired) electrons. The minimum absolute atomic E-state index is 0.0487. The van der Waals surface area contributed by atoms with Crippen LogP contribution in [0.15, 0.2) is 78.9 Å². The van der Waals surface area contributed by atoms with E-state index in [1.165, 1.54) is 16.7 Å². The summed E-state index contributed by atoms with van der Waals surface area (Å²) in [6, 6.07) is 22.8. The Morgan fingerprint density at radius 2 is 1.67 bits per heavy atom. The van der Waals surface area contributed by atoms with Crippen LogP contribution in [0.25, 0.3) is 0 Å². The van der Waals surface area contributed by atoms with Crippen LogP contribution >= 0.6 is 34.4 Å². The van der Waals surface area contributed by atoms with Crippen molar-refractivity contribution in [2.45, 2.75) is 63.3 Å². The number of amides is 3. The monoisotopic (exact) mass is 701 g/mol. The molecule has 0 bridgehead atoms. The van der Waals surface area contributed by atoms with E-state index in [9.17, 15) is 19.5 Å². The number of alkyl carbamates (subject to hydrolysis) is 1. The van der Waals surface area contributed by atoms with Gasteiger partial charge in [-0.05, 0) is 72.5 Å². The fraction of sp³-hybridized carbons (Fsp3) is 0.344. The maximum absolute atomic E-state index is 13.8. The van der Waals surface area contributed by atoms with Crippen LogP contribution in [0.3, 0.4) is 0 Å². The highest BCUT2D eigenvalue weighted by Crippen LogP contribution is 2.40. The number of benzene rings is 3. The Labute approximate surface area is 264 Å². The summed E-state index contributed by atoms with van der Waals surface area (Å²) in [7, 11) is 0. The van der Waals surface area contributed by atoms with Crippen molar-refractivity contribution >= 4 is 52.3 Å². The zero-order valence-corrected chi connectivity index (χ0v) is 26.9. The zero-order valence-electron chi connectivity index (χ0n) is 23.9. The standard InChI is InChI=1S/C32H36IN3O5S/c1-21-11-7-8-14-23(21)18-34-29(38)28-32(2,3)42-20-36(28)30(39)27(37)26(17-22-12-5-4-6-13-22)35-31(40)41-19-24-15-9-10-16-25(24)33/h4-16,26-28,37H,17-20H2,1-3H3,(H,34,38)(H,35,40)/t26-,27-,28+/m0/s1. The van der Waals surface area contributed by atoms with Crippen molar-refractivity contribution in [2.75, 3.05) is 5.88 Å². The number of hydrogen-bond donors (Lipinski definition) is 3. The number of thioether (sulfide) groups is 1. The molecule has 8 nitrogen and oxygen atoms in total. The molecule has 1 saturated heterocycles. The second-order valence-corrected chi connectivity index (χ2v) is 13.5. The number of hydrogen-bond acceptors (Lipinski definition) is 6. The first-order chi connectivity index (χ1) is 20.1. The van der Waals surface area contributed by atoms with E-state index in [2.05, 4.69) is 33.2 Å². The normalized spacial score (nSPS) is 17.3. The van der Waals surface area contributed by atoms with E-state index >= 15 is 0 Å². The van der Waals surface area contributed by atoms with Crippen molar-refractivity contribution < 1.29 is 24.2 Å². The van der Waals surface area contributed by atoms with Gasteiger partial charge in [-0.25, -0.2) is 4.79 Å². The highest BCUT2D eigenvalue weighted by molar-refractivity contribution is 14.1. The molecule has 3 atom stereocenters. The van der Waals surface area contributed by atoms with E-state index < -0.39 is 34.9 Å². The smallest absolute Gasteiger partial charge is 0.407 e. The molecule has 0 aromatic heterocycles. The van der Waals surface area contributed by atoms with Gasteiger partial charge in [-0.2, -0.15) is 0 Å². The molecule has 1 fully saturated rings. The van der Waals surface area contributed by atoms with Gasteiger partial charge in [-0.15, -0.1) is 11.8 Å². The first-order valence-electron chi connectivity index (χ1n) is 13.7. The lowest BCUT2D eigenvalue weighted by molar-refractivity contribution is -0.147. The predicted molar refractivity (Wildman–Crippen MR) is 173 cm³/mol. The van der Waals surface area contributed by atoms with Crippen LogP contribution in [0.5, 0.6) is 0 Å². The quantitative estimate of drug-likeness (QED) is 0.263. The van der Waals surface area contributed by atoms with Crippen molar-refractivity contribution in [3.05, 3.63) is 105 Å². The molecule has 3 amide bonds. The van der Waals surface area contributed by atoms with Gasteiger partial charge in [0.15, 0.2) is 6.10 Å². The Bertz CT molecular complexity index is 1400. The lowest BCUT2D eigenvalue weighted by atomic mass is 9.97. The van der Waals surface area contributed by atoms with Gasteiger partial charge in [0.25, 0.3) is 5.91 Å². The molecule has 0 unspecified atom stereocenters. The van der Waals surface area contributed by atoms with Gasteiger partial charge >= 0.3 is 6.09 Å². The fourth-order valence-electron chi connectivity index (χ4n) is 4.90. The third kappa shape index (κ3) is 8.05. The molecule has 42 heavy (non-hydrogen) atoms. The molecule has 0 spiro atoms. The van der Waals surface area contributed by atoms with Crippen LogP contribution in [0.4, 0.5) is 4.79 Å². The molecule has 4 rings (SSSR count). The SMILES string of the molecule is Cc1ccccc1CNC(=O)[C@H]1N(C(=O)[C@@H](O)[C@H](Cc2ccccc2)NC(=O)OCc2ccccc2I)CSC1(C)C. The molecule has 10 heteroatoms. The molecule has 222 valence electrons. The maximum atomic E-state index is 13.8.